The number of hydrogen-bond acceptors (Lipinski definition) is 9. The fraction of sp³-hybridized carbons (Fsp3) is 0.111. The van der Waals surface area contributed by atoms with E-state index in [4.69, 9.17) is 4.74 Å². The second-order valence-corrected chi connectivity index (χ2v) is 6.62. The predicted molar refractivity (Wildman–Crippen MR) is 110 cm³/mol. The summed E-state index contributed by atoms with van der Waals surface area (Å²) in [5.74, 6) is -0.224. The molecule has 29 heavy (non-hydrogen) atoms. The van der Waals surface area contributed by atoms with Gasteiger partial charge in [0.2, 0.25) is 11.6 Å². The number of benzene rings is 1. The zero-order valence-corrected chi connectivity index (χ0v) is 17.0. The van der Waals surface area contributed by atoms with E-state index in [-0.39, 0.29) is 22.9 Å². The van der Waals surface area contributed by atoms with Crippen LogP contribution < -0.4 is 10.2 Å². The third-order valence-electron chi connectivity index (χ3n) is 3.95. The molecule has 0 radical (unpaired) electrons. The molecule has 10 nitrogen and oxygen atoms in total. The Morgan fingerprint density at radius 1 is 1.21 bits per heavy atom. The Bertz CT molecular complexity index is 1060. The normalized spacial score (nSPS) is 10.3. The van der Waals surface area contributed by atoms with Gasteiger partial charge in [0.1, 0.15) is 12.1 Å². The number of para-hydroxylation sites is 1. The number of nitrogens with zero attached hydrogens (tertiary/aromatic N) is 5. The molecule has 0 aliphatic heterocycles. The number of nitrogens with one attached hydrogen (secondary N) is 1. The van der Waals surface area contributed by atoms with Crippen LogP contribution in [0, 0.1) is 10.1 Å². The first kappa shape index (κ1) is 20.1. The highest BCUT2D eigenvalue weighted by Crippen LogP contribution is 2.37. The predicted octanol–water partition coefficient (Wildman–Crippen LogP) is 3.84. The van der Waals surface area contributed by atoms with Gasteiger partial charge in [0, 0.05) is 17.7 Å². The van der Waals surface area contributed by atoms with Gasteiger partial charge in [-0.25, -0.2) is 19.7 Å². The van der Waals surface area contributed by atoms with Crippen molar-refractivity contribution < 1.29 is 14.5 Å². The molecule has 11 heteroatoms. The second kappa shape index (κ2) is 8.61. The summed E-state index contributed by atoms with van der Waals surface area (Å²) >= 11 is 3.28. The molecular weight excluding hydrogens is 444 g/mol. The molecule has 2 heterocycles. The van der Waals surface area contributed by atoms with Gasteiger partial charge in [-0.3, -0.25) is 10.1 Å². The molecule has 0 atom stereocenters. The number of nitro groups is 1. The van der Waals surface area contributed by atoms with Crippen molar-refractivity contribution in [3.63, 3.8) is 0 Å². The maximum Gasteiger partial charge on any atom is 0.354 e. The summed E-state index contributed by atoms with van der Waals surface area (Å²) in [4.78, 5) is 37.0. The zero-order valence-electron chi connectivity index (χ0n) is 15.4. The smallest absolute Gasteiger partial charge is 0.354 e. The SMILES string of the molecule is COC(=O)c1ccccc1N(C)c1ncnc(Nc2ccc(Br)cn2)c1[N+](=O)[O-]. The minimum Gasteiger partial charge on any atom is -0.465 e. The van der Waals surface area contributed by atoms with Crippen LogP contribution in [0.4, 0.5) is 28.8 Å². The second-order valence-electron chi connectivity index (χ2n) is 5.71. The number of ether oxygens (including phenoxy) is 1. The van der Waals surface area contributed by atoms with E-state index in [0.29, 0.717) is 11.5 Å². The maximum absolute atomic E-state index is 12.1. The zero-order chi connectivity index (χ0) is 21.0. The number of halogens is 1. The quantitative estimate of drug-likeness (QED) is 0.333. The van der Waals surface area contributed by atoms with E-state index in [0.717, 1.165) is 4.47 Å². The van der Waals surface area contributed by atoms with Crippen molar-refractivity contribution in [2.24, 2.45) is 0 Å². The average molecular weight is 459 g/mol. The number of anilines is 4. The minimum absolute atomic E-state index is 0.000893. The van der Waals surface area contributed by atoms with Crippen molar-refractivity contribution in [2.45, 2.75) is 0 Å². The lowest BCUT2D eigenvalue weighted by Crippen LogP contribution is -2.18. The molecule has 1 aromatic carbocycles. The number of aromatic nitrogens is 3. The molecule has 2 aromatic heterocycles. The van der Waals surface area contributed by atoms with Gasteiger partial charge in [-0.15, -0.1) is 0 Å². The van der Waals surface area contributed by atoms with Crippen molar-refractivity contribution in [1.82, 2.24) is 15.0 Å². The Balaban J connectivity index is 2.07. The molecule has 0 fully saturated rings. The van der Waals surface area contributed by atoms with E-state index in [1.807, 2.05) is 0 Å². The van der Waals surface area contributed by atoms with Gasteiger partial charge in [-0.2, -0.15) is 0 Å². The Labute approximate surface area is 173 Å². The summed E-state index contributed by atoms with van der Waals surface area (Å²) in [6, 6.07) is 9.96. The van der Waals surface area contributed by atoms with Crippen LogP contribution >= 0.6 is 15.9 Å². The third-order valence-corrected chi connectivity index (χ3v) is 4.42. The summed E-state index contributed by atoms with van der Waals surface area (Å²) in [5, 5.41) is 14.7. The van der Waals surface area contributed by atoms with E-state index in [9.17, 15) is 14.9 Å². The van der Waals surface area contributed by atoms with Crippen LogP contribution in [0.5, 0.6) is 0 Å². The molecule has 0 amide bonds. The topological polar surface area (TPSA) is 123 Å². The highest BCUT2D eigenvalue weighted by atomic mass is 79.9. The number of esters is 1. The number of rotatable bonds is 6. The van der Waals surface area contributed by atoms with Gasteiger partial charge in [0.05, 0.1) is 23.3 Å². The van der Waals surface area contributed by atoms with Gasteiger partial charge >= 0.3 is 11.7 Å². The van der Waals surface area contributed by atoms with Crippen molar-refractivity contribution >= 4 is 50.7 Å². The van der Waals surface area contributed by atoms with Gasteiger partial charge in [-0.1, -0.05) is 12.1 Å². The van der Waals surface area contributed by atoms with Gasteiger partial charge < -0.3 is 15.0 Å². The van der Waals surface area contributed by atoms with Crippen molar-refractivity contribution in [3.05, 3.63) is 69.1 Å². The van der Waals surface area contributed by atoms with Crippen LogP contribution in [0.2, 0.25) is 0 Å². The molecule has 0 saturated heterocycles. The molecule has 0 saturated carbocycles. The molecule has 1 N–H and O–H groups in total. The van der Waals surface area contributed by atoms with Gasteiger partial charge in [0.15, 0.2) is 0 Å². The van der Waals surface area contributed by atoms with E-state index in [1.54, 1.807) is 49.6 Å². The molecular formula is C18H15BrN6O4. The number of carbonyl (C=O) groups is 1. The fourth-order valence-electron chi connectivity index (χ4n) is 2.61. The van der Waals surface area contributed by atoms with Crippen LogP contribution in [0.1, 0.15) is 10.4 Å². The largest absolute Gasteiger partial charge is 0.465 e. The Morgan fingerprint density at radius 3 is 2.62 bits per heavy atom. The van der Waals surface area contributed by atoms with Crippen LogP contribution in [-0.4, -0.2) is 40.0 Å². The molecule has 3 rings (SSSR count). The Kier molecular flexibility index (Phi) is 5.98. The van der Waals surface area contributed by atoms with E-state index in [1.165, 1.54) is 18.3 Å². The van der Waals surface area contributed by atoms with Crippen LogP contribution in [0.15, 0.2) is 53.4 Å². The summed E-state index contributed by atoms with van der Waals surface area (Å²) in [5.41, 5.74) is 0.280. The third kappa shape index (κ3) is 4.29. The van der Waals surface area contributed by atoms with E-state index < -0.39 is 10.9 Å². The van der Waals surface area contributed by atoms with Crippen LogP contribution in [0.25, 0.3) is 0 Å². The maximum atomic E-state index is 12.1. The summed E-state index contributed by atoms with van der Waals surface area (Å²) in [7, 11) is 2.83. The number of hydrogen-bond donors (Lipinski definition) is 1. The fourth-order valence-corrected chi connectivity index (χ4v) is 2.84. The molecule has 0 spiro atoms. The Morgan fingerprint density at radius 2 is 1.97 bits per heavy atom. The number of pyridine rings is 1. The standard InChI is InChI=1S/C18H15BrN6O4/c1-24(13-6-4-3-5-12(13)18(26)29-2)17-15(25(27)28)16(21-10-22-17)23-14-8-7-11(19)9-20-14/h3-10H,1-2H3,(H,20,21,22,23). The lowest BCUT2D eigenvalue weighted by Gasteiger charge is -2.21. The van der Waals surface area contributed by atoms with Crippen LogP contribution in [-0.2, 0) is 4.74 Å². The first-order valence-electron chi connectivity index (χ1n) is 8.21. The minimum atomic E-state index is -0.590. The monoisotopic (exact) mass is 458 g/mol. The molecule has 0 unspecified atom stereocenters. The van der Waals surface area contributed by atoms with Gasteiger partial charge in [0.25, 0.3) is 0 Å². The van der Waals surface area contributed by atoms with Crippen molar-refractivity contribution in [1.29, 1.82) is 0 Å². The van der Waals surface area contributed by atoms with Crippen LogP contribution in [0.3, 0.4) is 0 Å². The molecule has 0 aliphatic rings. The van der Waals surface area contributed by atoms with Gasteiger partial charge in [-0.05, 0) is 40.2 Å². The van der Waals surface area contributed by atoms with Crippen molar-refractivity contribution in [2.75, 3.05) is 24.4 Å². The summed E-state index contributed by atoms with van der Waals surface area (Å²) in [6.07, 6.45) is 2.75. The lowest BCUT2D eigenvalue weighted by atomic mass is 10.1. The summed E-state index contributed by atoms with van der Waals surface area (Å²) < 4.78 is 5.56. The Hall–Kier alpha value is -3.60. The van der Waals surface area contributed by atoms with E-state index in [2.05, 4.69) is 36.2 Å². The molecule has 148 valence electrons. The van der Waals surface area contributed by atoms with Crippen molar-refractivity contribution in [3.8, 4) is 0 Å². The highest BCUT2D eigenvalue weighted by Gasteiger charge is 2.28. The first-order valence-corrected chi connectivity index (χ1v) is 9.00. The lowest BCUT2D eigenvalue weighted by molar-refractivity contribution is -0.383. The molecule has 3 aromatic rings. The number of carbonyl (C=O) groups excluding carboxylic acids is 1. The summed E-state index contributed by atoms with van der Waals surface area (Å²) in [6.45, 7) is 0. The molecule has 0 aliphatic carbocycles. The number of methoxy groups -OCH3 is 1. The molecule has 0 bridgehead atoms. The first-order chi connectivity index (χ1) is 13.9. The highest BCUT2D eigenvalue weighted by molar-refractivity contribution is 9.10. The van der Waals surface area contributed by atoms with E-state index >= 15 is 0 Å². The average Bonchev–Trinajstić information content (AvgIpc) is 2.74.